The summed E-state index contributed by atoms with van der Waals surface area (Å²) in [6.45, 7) is 11.5. The Labute approximate surface area is 370 Å². The molecule has 1 amide bonds. The van der Waals surface area contributed by atoms with Crippen molar-refractivity contribution >= 4 is 23.4 Å². The van der Waals surface area contributed by atoms with Gasteiger partial charge < -0.3 is 44.9 Å². The second kappa shape index (κ2) is 24.3. The van der Waals surface area contributed by atoms with Crippen LogP contribution in [0.5, 0.6) is 0 Å². The molecule has 13 nitrogen and oxygen atoms in total. The molecular formula is C49H78N2O11. The van der Waals surface area contributed by atoms with Crippen LogP contribution in [0.3, 0.4) is 0 Å². The number of rotatable bonds is 5. The van der Waals surface area contributed by atoms with Crippen molar-refractivity contribution in [2.75, 3.05) is 20.8 Å². The molecular weight excluding hydrogens is 793 g/mol. The molecule has 0 radical (unpaired) electrons. The Balaban J connectivity index is 1.64. The fraction of sp³-hybridized carbons (Fsp3) is 0.755. The van der Waals surface area contributed by atoms with Crippen molar-refractivity contribution in [2.45, 2.75) is 186 Å². The SMILES string of the molecule is CO[C@@H]1C[C@H](C[C@@H](C)[C@@H]2CC[C@H](N)/C=C(\C)[C@@H](O)[C@@H](OC)C(=O)[C@H](C)C[C@H](C)/C=C/C=C/C=C(\C)CCC3CCC(C)[C@@](O)(O3)C(=O)C(=O)N3CCCC[C@H]3C(=O)O2)CC[C@H]1O. The van der Waals surface area contributed by atoms with Gasteiger partial charge in [0.05, 0.1) is 18.3 Å². The molecule has 3 fully saturated rings. The molecule has 14 atom stereocenters. The molecule has 0 aromatic carbocycles. The lowest BCUT2D eigenvalue weighted by molar-refractivity contribution is -0.263. The summed E-state index contributed by atoms with van der Waals surface area (Å²) in [6.07, 6.45) is 15.3. The van der Waals surface area contributed by atoms with Crippen LogP contribution in [0, 0.1) is 29.6 Å². The summed E-state index contributed by atoms with van der Waals surface area (Å²) < 4.78 is 23.6. The highest BCUT2D eigenvalue weighted by Crippen LogP contribution is 2.37. The van der Waals surface area contributed by atoms with E-state index in [2.05, 4.69) is 0 Å². The zero-order valence-electron chi connectivity index (χ0n) is 38.7. The van der Waals surface area contributed by atoms with E-state index in [4.69, 9.17) is 24.7 Å². The van der Waals surface area contributed by atoms with Gasteiger partial charge in [-0.05, 0) is 127 Å². The van der Waals surface area contributed by atoms with Crippen molar-refractivity contribution in [3.05, 3.63) is 47.6 Å². The molecule has 62 heavy (non-hydrogen) atoms. The first-order chi connectivity index (χ1) is 29.4. The number of amides is 1. The van der Waals surface area contributed by atoms with Crippen LogP contribution in [0.15, 0.2) is 47.6 Å². The number of ketones is 2. The van der Waals surface area contributed by atoms with Crippen molar-refractivity contribution in [3.8, 4) is 0 Å². The number of esters is 1. The van der Waals surface area contributed by atoms with E-state index in [1.807, 2.05) is 58.1 Å². The van der Waals surface area contributed by atoms with E-state index in [1.54, 1.807) is 27.0 Å². The van der Waals surface area contributed by atoms with Crippen LogP contribution in [0.2, 0.25) is 0 Å². The Morgan fingerprint density at radius 2 is 1.65 bits per heavy atom. The van der Waals surface area contributed by atoms with Crippen LogP contribution in [0.1, 0.15) is 131 Å². The van der Waals surface area contributed by atoms with Crippen LogP contribution in [-0.4, -0.2) is 119 Å². The molecule has 3 aliphatic heterocycles. The number of hydrogen-bond donors (Lipinski definition) is 4. The first kappa shape index (κ1) is 51.6. The topological polar surface area (TPSA) is 195 Å². The lowest BCUT2D eigenvalue weighted by Crippen LogP contribution is -2.60. The highest BCUT2D eigenvalue weighted by molar-refractivity contribution is 6.39. The van der Waals surface area contributed by atoms with Gasteiger partial charge in [0.1, 0.15) is 24.4 Å². The van der Waals surface area contributed by atoms with Gasteiger partial charge in [-0.2, -0.15) is 0 Å². The van der Waals surface area contributed by atoms with Gasteiger partial charge in [-0.1, -0.05) is 69.7 Å². The summed E-state index contributed by atoms with van der Waals surface area (Å²) in [4.78, 5) is 57.3. The number of nitrogens with two attached hydrogens (primary N) is 1. The molecule has 3 heterocycles. The number of ether oxygens (including phenoxy) is 4. The molecule has 5 N–H and O–H groups in total. The van der Waals surface area contributed by atoms with E-state index in [0.717, 1.165) is 12.0 Å². The Morgan fingerprint density at radius 1 is 0.903 bits per heavy atom. The maximum absolute atomic E-state index is 14.3. The second-order valence-electron chi connectivity index (χ2n) is 19.1. The number of carbonyl (C=O) groups is 4. The van der Waals surface area contributed by atoms with E-state index >= 15 is 0 Å². The normalized spacial score (nSPS) is 40.5. The fourth-order valence-corrected chi connectivity index (χ4v) is 9.83. The standard InChI is InChI=1S/C49H78N2O11/c1-30-14-10-9-11-15-31(2)26-33(4)43(53)45(60-8)44(54)34(5)28-37(50)20-24-41(32(3)27-36-19-23-40(52)42(29-36)59-7)61-48(57)39-16-12-13-25-51(39)47(56)46(55)49(58)35(6)18-22-38(62-49)21-17-30/h9-11,14-15,28,31-33,35-42,44-45,52,54,58H,12-13,16-27,29,50H2,1-8H3/b10-9+,15-11+,30-14+,34-28+/t31-,32-,33-,35?,36+,37+,38?,39+,40-,41+,42-,44-,45+,49-/m1/s1. The highest BCUT2D eigenvalue weighted by atomic mass is 16.6. The zero-order chi connectivity index (χ0) is 45.7. The first-order valence-electron chi connectivity index (χ1n) is 23.3. The zero-order valence-corrected chi connectivity index (χ0v) is 38.7. The average molecular weight is 871 g/mol. The summed E-state index contributed by atoms with van der Waals surface area (Å²) in [5.41, 5.74) is 8.23. The summed E-state index contributed by atoms with van der Waals surface area (Å²) in [5, 5.41) is 33.6. The van der Waals surface area contributed by atoms with Gasteiger partial charge in [0.2, 0.25) is 5.79 Å². The minimum atomic E-state index is -2.32. The first-order valence-corrected chi connectivity index (χ1v) is 23.3. The number of piperidine rings is 1. The van der Waals surface area contributed by atoms with Crippen molar-refractivity contribution < 1.29 is 53.4 Å². The number of nitrogens with zero attached hydrogens (tertiary/aromatic N) is 1. The predicted octanol–water partition coefficient (Wildman–Crippen LogP) is 6.07. The van der Waals surface area contributed by atoms with Gasteiger partial charge in [-0.15, -0.1) is 0 Å². The molecule has 2 saturated heterocycles. The molecule has 2 bridgehead atoms. The van der Waals surface area contributed by atoms with Crippen LogP contribution < -0.4 is 5.73 Å². The van der Waals surface area contributed by atoms with E-state index in [9.17, 15) is 34.5 Å². The average Bonchev–Trinajstić information content (AvgIpc) is 3.25. The third-order valence-corrected chi connectivity index (χ3v) is 13.9. The molecule has 0 spiro atoms. The maximum Gasteiger partial charge on any atom is 0.329 e. The molecule has 13 heteroatoms. The second-order valence-corrected chi connectivity index (χ2v) is 19.1. The Bertz CT molecular complexity index is 1630. The number of Topliss-reactive ketones (excluding diaryl/α,β-unsaturated/α-hetero) is 2. The Hall–Kier alpha value is -3.04. The molecule has 1 aliphatic carbocycles. The largest absolute Gasteiger partial charge is 0.461 e. The lowest BCUT2D eigenvalue weighted by Gasteiger charge is -2.42. The highest BCUT2D eigenvalue weighted by Gasteiger charge is 2.52. The fourth-order valence-electron chi connectivity index (χ4n) is 9.83. The monoisotopic (exact) mass is 871 g/mol. The Morgan fingerprint density at radius 3 is 2.35 bits per heavy atom. The maximum atomic E-state index is 14.3. The minimum Gasteiger partial charge on any atom is -0.461 e. The van der Waals surface area contributed by atoms with Gasteiger partial charge in [-0.3, -0.25) is 14.4 Å². The van der Waals surface area contributed by atoms with Gasteiger partial charge >= 0.3 is 5.97 Å². The minimum absolute atomic E-state index is 0.0786. The number of methoxy groups -OCH3 is 2. The quantitative estimate of drug-likeness (QED) is 0.142. The number of carbonyl (C=O) groups excluding carboxylic acids is 4. The van der Waals surface area contributed by atoms with Gasteiger partial charge in [0, 0.05) is 38.6 Å². The number of aliphatic hydroxyl groups excluding tert-OH is 2. The number of hydrogen-bond acceptors (Lipinski definition) is 12. The van der Waals surface area contributed by atoms with Gasteiger partial charge in [0.25, 0.3) is 11.7 Å². The number of fused-ring (bicyclic) bond motifs is 3. The Kier molecular flexibility index (Phi) is 20.2. The molecule has 1 saturated carbocycles. The third-order valence-electron chi connectivity index (χ3n) is 13.9. The molecule has 0 aromatic heterocycles. The smallest absolute Gasteiger partial charge is 0.329 e. The van der Waals surface area contributed by atoms with E-state index in [-0.39, 0.29) is 42.1 Å². The lowest BCUT2D eigenvalue weighted by atomic mass is 9.78. The third kappa shape index (κ3) is 14.0. The van der Waals surface area contributed by atoms with Crippen LogP contribution in [-0.2, 0) is 38.1 Å². The number of cyclic esters (lactones) is 1. The van der Waals surface area contributed by atoms with E-state index < -0.39 is 72.0 Å². The van der Waals surface area contributed by atoms with Crippen LogP contribution >= 0.6 is 0 Å². The summed E-state index contributed by atoms with van der Waals surface area (Å²) in [6, 6.07) is -1.59. The summed E-state index contributed by atoms with van der Waals surface area (Å²) in [5.74, 6) is -6.00. The molecule has 4 rings (SSSR count). The predicted molar refractivity (Wildman–Crippen MR) is 237 cm³/mol. The van der Waals surface area contributed by atoms with E-state index in [1.165, 1.54) is 12.0 Å². The number of allylic oxidation sites excluding steroid dienone is 6. The van der Waals surface area contributed by atoms with Crippen molar-refractivity contribution in [3.63, 3.8) is 0 Å². The molecule has 2 unspecified atom stereocenters. The van der Waals surface area contributed by atoms with Gasteiger partial charge in [0.15, 0.2) is 5.78 Å². The van der Waals surface area contributed by atoms with Crippen molar-refractivity contribution in [1.82, 2.24) is 4.90 Å². The van der Waals surface area contributed by atoms with Gasteiger partial charge in [-0.25, -0.2) is 4.79 Å². The molecule has 350 valence electrons. The molecule has 0 aromatic rings. The van der Waals surface area contributed by atoms with Crippen LogP contribution in [0.25, 0.3) is 0 Å². The van der Waals surface area contributed by atoms with Crippen LogP contribution in [0.4, 0.5) is 0 Å². The summed E-state index contributed by atoms with van der Waals surface area (Å²) in [7, 11) is 3.02. The molecule has 4 aliphatic rings. The van der Waals surface area contributed by atoms with Crippen molar-refractivity contribution in [2.24, 2.45) is 35.3 Å². The van der Waals surface area contributed by atoms with E-state index in [0.29, 0.717) is 89.0 Å². The van der Waals surface area contributed by atoms with Crippen molar-refractivity contribution in [1.29, 1.82) is 0 Å². The number of aliphatic hydroxyl groups is 3. The summed E-state index contributed by atoms with van der Waals surface area (Å²) >= 11 is 0.